The molecule has 0 aliphatic heterocycles. The van der Waals surface area contributed by atoms with Crippen molar-refractivity contribution in [3.63, 3.8) is 0 Å². The summed E-state index contributed by atoms with van der Waals surface area (Å²) >= 11 is 0. The van der Waals surface area contributed by atoms with E-state index >= 15 is 0 Å². The normalized spacial score (nSPS) is 14.4. The third-order valence-corrected chi connectivity index (χ3v) is 24.2. The van der Waals surface area contributed by atoms with Gasteiger partial charge in [-0.05, 0) is 328 Å². The number of aromatic hydroxyl groups is 1. The summed E-state index contributed by atoms with van der Waals surface area (Å²) in [5, 5.41) is 67.6. The van der Waals surface area contributed by atoms with Crippen LogP contribution in [0.1, 0.15) is 387 Å². The van der Waals surface area contributed by atoms with Crippen LogP contribution in [0.15, 0.2) is 84.3 Å². The molecule has 2 aromatic carbocycles. The van der Waals surface area contributed by atoms with Gasteiger partial charge in [0.25, 0.3) is 0 Å². The number of hydrogen-bond acceptors (Lipinski definition) is 7. The zero-order valence-electron chi connectivity index (χ0n) is 86.6. The average molecular weight is 1640 g/mol. The van der Waals surface area contributed by atoms with E-state index in [9.17, 15) is 35.7 Å². The van der Waals surface area contributed by atoms with Crippen molar-refractivity contribution in [3.8, 4) is 17.6 Å². The van der Waals surface area contributed by atoms with Crippen molar-refractivity contribution in [2.24, 2.45) is 166 Å². The van der Waals surface area contributed by atoms with Crippen molar-refractivity contribution in [1.82, 2.24) is 0 Å². The predicted octanol–water partition coefficient (Wildman–Crippen LogP) is 30.3. The minimum absolute atomic E-state index is 0.375. The fraction of sp³-hybridized carbons (Fsp3) is 0.818. The van der Waals surface area contributed by atoms with Crippen molar-refractivity contribution in [3.05, 3.63) is 101 Å². The molecule has 2 aromatic rings. The molecule has 7 atom stereocenters. The van der Waals surface area contributed by atoms with Crippen LogP contribution < -0.4 is 0 Å². The van der Waals surface area contributed by atoms with E-state index in [1.165, 1.54) is 24.0 Å². The Bertz CT molecular complexity index is 2810. The van der Waals surface area contributed by atoms with E-state index in [0.717, 1.165) is 110 Å². The number of aliphatic hydroxyl groups is 6. The zero-order valence-corrected chi connectivity index (χ0v) is 86.6. The highest BCUT2D eigenvalue weighted by Crippen LogP contribution is 2.38. The van der Waals surface area contributed by atoms with Crippen LogP contribution in [0.4, 0.5) is 0 Å². The van der Waals surface area contributed by atoms with E-state index in [4.69, 9.17) is 0 Å². The smallest absolute Gasteiger partial charge is 0.119 e. The van der Waals surface area contributed by atoms with Gasteiger partial charge in [-0.15, -0.1) is 17.4 Å². The second-order valence-corrected chi connectivity index (χ2v) is 45.1. The summed E-state index contributed by atoms with van der Waals surface area (Å²) in [6.07, 6.45) is 17.2. The van der Waals surface area contributed by atoms with Crippen molar-refractivity contribution < 1.29 is 35.7 Å². The lowest BCUT2D eigenvalue weighted by Gasteiger charge is -2.31. The van der Waals surface area contributed by atoms with E-state index in [1.54, 1.807) is 59.8 Å². The Kier molecular flexibility index (Phi) is 62.0. The second-order valence-electron chi connectivity index (χ2n) is 45.1. The number of phenolic OH excluding ortho intramolecular Hbond substituents is 1. The van der Waals surface area contributed by atoms with Crippen LogP contribution in [0.5, 0.6) is 5.75 Å². The highest BCUT2D eigenvalue weighted by atomic mass is 16.3. The highest BCUT2D eigenvalue weighted by Gasteiger charge is 2.31. The van der Waals surface area contributed by atoms with E-state index < -0.39 is 33.6 Å². The molecule has 0 aliphatic rings. The molecule has 117 heavy (non-hydrogen) atoms. The maximum absolute atomic E-state index is 10.1. The van der Waals surface area contributed by atoms with Gasteiger partial charge in [0.2, 0.25) is 0 Å². The Morgan fingerprint density at radius 2 is 0.573 bits per heavy atom. The standard InChI is InChI=1S/C19H32O.C16H26O.2C15H32O.3C15H28O/c1-13(2)18(14(3)4)15(5)11-16-9-8-10-17(12-16)19(6,7)20;1-11(2)16(12(3)4)13(5)9-14-7-6-8-15(17)10-14;5*1-11(2)14(12(3)4)13(5)9-8-10-15(6,7)16/h8-10,12-15,18,20H,11H2,1-7H3;6-8,10-13,16-17H,9H2,1-5H3;2*11-14,16H,8-10H2,1-7H3;11-14,16H,9H2,1-7H3;2*9-14,16H,1-7H3/t;;13-;;;;/m..0..../s1. The molecule has 0 spiro atoms. The number of phenols is 1. The van der Waals surface area contributed by atoms with E-state index in [-0.39, 0.29) is 0 Å². The van der Waals surface area contributed by atoms with Crippen LogP contribution in [-0.2, 0) is 18.4 Å². The first-order chi connectivity index (χ1) is 52.8. The molecule has 7 heteroatoms. The van der Waals surface area contributed by atoms with Gasteiger partial charge in [0.05, 0.1) is 28.0 Å². The van der Waals surface area contributed by atoms with Crippen LogP contribution in [0.3, 0.4) is 0 Å². The first-order valence-corrected chi connectivity index (χ1v) is 47.4. The second kappa shape index (κ2) is 59.4. The van der Waals surface area contributed by atoms with Crippen LogP contribution in [0, 0.1) is 178 Å². The molecule has 2 rings (SSSR count). The topological polar surface area (TPSA) is 142 Å². The van der Waals surface area contributed by atoms with Gasteiger partial charge in [-0.1, -0.05) is 310 Å². The van der Waals surface area contributed by atoms with Crippen LogP contribution >= 0.6 is 0 Å². The van der Waals surface area contributed by atoms with Gasteiger partial charge < -0.3 is 35.7 Å². The lowest BCUT2D eigenvalue weighted by molar-refractivity contribution is 0.0636. The third kappa shape index (κ3) is 61.5. The molecular weight excluding hydrogens is 1430 g/mol. The fourth-order valence-corrected chi connectivity index (χ4v) is 20.9. The summed E-state index contributed by atoms with van der Waals surface area (Å²) in [6.45, 7) is 102. The van der Waals surface area contributed by atoms with Crippen molar-refractivity contribution in [2.75, 3.05) is 0 Å². The molecule has 0 bridgehead atoms. The molecule has 0 saturated heterocycles. The quantitative estimate of drug-likeness (QED) is 0.0261. The summed E-state index contributed by atoms with van der Waals surface area (Å²) < 4.78 is 0. The Balaban J connectivity index is -0.000000418. The molecule has 0 fully saturated rings. The number of benzene rings is 2. The Morgan fingerprint density at radius 3 is 0.812 bits per heavy atom. The van der Waals surface area contributed by atoms with Gasteiger partial charge in [-0.3, -0.25) is 0 Å². The minimum atomic E-state index is -0.856. The third-order valence-electron chi connectivity index (χ3n) is 24.2. The van der Waals surface area contributed by atoms with E-state index in [0.29, 0.717) is 112 Å². The Labute approximate surface area is 732 Å². The monoisotopic (exact) mass is 1640 g/mol. The van der Waals surface area contributed by atoms with Crippen LogP contribution in [0.25, 0.3) is 0 Å². The molecule has 0 amide bonds. The van der Waals surface area contributed by atoms with Gasteiger partial charge in [0.1, 0.15) is 11.4 Å². The molecule has 7 nitrogen and oxygen atoms in total. The molecule has 0 heterocycles. The maximum Gasteiger partial charge on any atom is 0.119 e. The number of rotatable bonds is 39. The van der Waals surface area contributed by atoms with Gasteiger partial charge in [0.15, 0.2) is 0 Å². The summed E-state index contributed by atoms with van der Waals surface area (Å²) in [4.78, 5) is 0. The Hall–Kier alpha value is -3.40. The largest absolute Gasteiger partial charge is 0.508 e. The van der Waals surface area contributed by atoms with Crippen molar-refractivity contribution >= 4 is 0 Å². The molecule has 688 valence electrons. The molecular formula is C110H206O7. The lowest BCUT2D eigenvalue weighted by atomic mass is 9.74. The minimum Gasteiger partial charge on any atom is -0.508 e. The van der Waals surface area contributed by atoms with Gasteiger partial charge in [-0.25, -0.2) is 0 Å². The average Bonchev–Trinajstić information content (AvgIpc) is 0.843. The zero-order chi connectivity index (χ0) is 93.2. The summed E-state index contributed by atoms with van der Waals surface area (Å²) in [7, 11) is 0. The summed E-state index contributed by atoms with van der Waals surface area (Å²) in [5.74, 6) is 25.9. The van der Waals surface area contributed by atoms with Crippen LogP contribution in [0.2, 0.25) is 0 Å². The lowest BCUT2D eigenvalue weighted by Crippen LogP contribution is -2.25. The van der Waals surface area contributed by atoms with Gasteiger partial charge >= 0.3 is 0 Å². The summed E-state index contributed by atoms with van der Waals surface area (Å²) in [5.41, 5.74) is 5.69. The molecule has 0 radical (unpaired) electrons. The van der Waals surface area contributed by atoms with E-state index in [2.05, 4.69) is 302 Å². The molecule has 0 aliphatic carbocycles. The fourth-order valence-electron chi connectivity index (χ4n) is 20.9. The first-order valence-electron chi connectivity index (χ1n) is 47.4. The molecule has 0 saturated carbocycles. The van der Waals surface area contributed by atoms with Crippen molar-refractivity contribution in [2.45, 2.75) is 417 Å². The molecule has 7 N–H and O–H groups in total. The van der Waals surface area contributed by atoms with Gasteiger partial charge in [-0.2, -0.15) is 0 Å². The van der Waals surface area contributed by atoms with Gasteiger partial charge in [0, 0.05) is 6.42 Å². The molecule has 6 unspecified atom stereocenters. The molecule has 0 aromatic heterocycles. The maximum atomic E-state index is 10.1. The number of hydrogen-bond donors (Lipinski definition) is 7. The van der Waals surface area contributed by atoms with Crippen LogP contribution in [-0.4, -0.2) is 63.8 Å². The van der Waals surface area contributed by atoms with Crippen molar-refractivity contribution in [1.29, 1.82) is 0 Å². The first kappa shape index (κ1) is 122. The van der Waals surface area contributed by atoms with E-state index in [1.807, 2.05) is 59.7 Å². The Morgan fingerprint density at radius 1 is 0.316 bits per heavy atom. The SMILES string of the molecule is CC(C)C(C(C)C)C(C)C=C=CC(C)(C)O.CC(C)C(C(C)C)C(C)C=C=CC(C)(C)O.CC(C)C(C(C)C)C(C)CC#CC(C)(C)O.CC(C)C(C(C)C)C(C)CCCC(C)(C)O.CC(C)C(C(C)C)C(C)Cc1cccc(C(C)(C)O)c1.CC(C)C(C(C)C)C(C)Cc1cccc(O)c1.CC(C)C(C(C)C)[C@@H](C)CCCC(C)(C)O. The predicted molar refractivity (Wildman–Crippen MR) is 520 cm³/mol. The highest BCUT2D eigenvalue weighted by molar-refractivity contribution is 5.28. The summed E-state index contributed by atoms with van der Waals surface area (Å²) in [6, 6.07) is 16.1.